The quantitative estimate of drug-likeness (QED) is 0.393. The first-order valence-corrected chi connectivity index (χ1v) is 9.55. The molecule has 1 amide bonds. The third kappa shape index (κ3) is 4.24. The summed E-state index contributed by atoms with van der Waals surface area (Å²) in [5.74, 6) is -3.39. The molecular weight excluding hydrogens is 441 g/mol. The number of likely N-dealkylation sites (tertiary alicyclic amines) is 1. The number of carbonyl (C=O) groups is 3. The van der Waals surface area contributed by atoms with Crippen molar-refractivity contribution >= 4 is 58.2 Å². The van der Waals surface area contributed by atoms with Gasteiger partial charge in [0, 0.05) is 27.2 Å². The minimum Gasteiger partial charge on any atom is -0.507 e. The monoisotopic (exact) mass is 453 g/mol. The van der Waals surface area contributed by atoms with Crippen LogP contribution in [0.1, 0.15) is 23.6 Å². The number of Topliss-reactive ketones (excluding diaryl/α,β-unsaturated/α-hetero) is 1. The predicted octanol–water partition coefficient (Wildman–Crippen LogP) is 4.54. The summed E-state index contributed by atoms with van der Waals surface area (Å²) in [5, 5.41) is 20.8. The van der Waals surface area contributed by atoms with Gasteiger partial charge in [-0.1, -0.05) is 40.9 Å². The SMILES string of the molecule is O=C(O)CCN1C(=O)C(=O)/C(=C(\O)c2ccc(Cl)cc2)C1c1ccc(Cl)cc1Cl. The first-order valence-electron chi connectivity index (χ1n) is 8.41. The van der Waals surface area contributed by atoms with Crippen molar-refractivity contribution in [2.24, 2.45) is 0 Å². The van der Waals surface area contributed by atoms with Gasteiger partial charge < -0.3 is 15.1 Å². The summed E-state index contributed by atoms with van der Waals surface area (Å²) in [4.78, 5) is 37.5. The Morgan fingerprint density at radius 1 is 0.966 bits per heavy atom. The summed E-state index contributed by atoms with van der Waals surface area (Å²) < 4.78 is 0. The largest absolute Gasteiger partial charge is 0.507 e. The Hall–Kier alpha value is -2.54. The fourth-order valence-corrected chi connectivity index (χ4v) is 3.77. The van der Waals surface area contributed by atoms with Gasteiger partial charge in [-0.15, -0.1) is 0 Å². The fourth-order valence-electron chi connectivity index (χ4n) is 3.14. The van der Waals surface area contributed by atoms with Crippen molar-refractivity contribution in [3.63, 3.8) is 0 Å². The van der Waals surface area contributed by atoms with Gasteiger partial charge in [0.25, 0.3) is 11.7 Å². The Kier molecular flexibility index (Phi) is 6.17. The van der Waals surface area contributed by atoms with Crippen LogP contribution in [0.5, 0.6) is 0 Å². The van der Waals surface area contributed by atoms with E-state index in [1.807, 2.05) is 0 Å². The van der Waals surface area contributed by atoms with Crippen molar-refractivity contribution in [3.05, 3.63) is 74.2 Å². The van der Waals surface area contributed by atoms with Crippen molar-refractivity contribution in [3.8, 4) is 0 Å². The van der Waals surface area contributed by atoms with Crippen molar-refractivity contribution < 1.29 is 24.6 Å². The molecule has 2 N–H and O–H groups in total. The molecule has 0 aromatic heterocycles. The second kappa shape index (κ2) is 8.45. The number of aliphatic hydroxyl groups excluding tert-OH is 1. The number of nitrogens with zero attached hydrogens (tertiary/aromatic N) is 1. The van der Waals surface area contributed by atoms with Crippen LogP contribution in [0.15, 0.2) is 48.0 Å². The molecule has 1 fully saturated rings. The van der Waals surface area contributed by atoms with E-state index >= 15 is 0 Å². The van der Waals surface area contributed by atoms with E-state index < -0.39 is 29.5 Å². The van der Waals surface area contributed by atoms with Gasteiger partial charge in [0.1, 0.15) is 5.76 Å². The molecule has 1 heterocycles. The van der Waals surface area contributed by atoms with Gasteiger partial charge in [0.2, 0.25) is 0 Å². The molecule has 6 nitrogen and oxygen atoms in total. The lowest BCUT2D eigenvalue weighted by atomic mass is 9.95. The highest BCUT2D eigenvalue weighted by Crippen LogP contribution is 2.42. The first kappa shape index (κ1) is 21.2. The lowest BCUT2D eigenvalue weighted by Gasteiger charge is -2.25. The molecule has 29 heavy (non-hydrogen) atoms. The van der Waals surface area contributed by atoms with Crippen molar-refractivity contribution in [2.75, 3.05) is 6.54 Å². The number of ketones is 1. The highest BCUT2D eigenvalue weighted by atomic mass is 35.5. The molecule has 2 aromatic rings. The van der Waals surface area contributed by atoms with Crippen LogP contribution < -0.4 is 0 Å². The Morgan fingerprint density at radius 2 is 1.59 bits per heavy atom. The summed E-state index contributed by atoms with van der Waals surface area (Å²) in [6.45, 7) is -0.235. The van der Waals surface area contributed by atoms with Crippen molar-refractivity contribution in [1.82, 2.24) is 4.90 Å². The molecule has 0 bridgehead atoms. The Bertz CT molecular complexity index is 1030. The van der Waals surface area contributed by atoms with E-state index in [2.05, 4.69) is 0 Å². The van der Waals surface area contributed by atoms with E-state index in [0.717, 1.165) is 4.90 Å². The number of carbonyl (C=O) groups excluding carboxylic acids is 2. The molecule has 1 aliphatic rings. The first-order chi connectivity index (χ1) is 13.7. The third-order valence-corrected chi connectivity index (χ3v) is 5.30. The van der Waals surface area contributed by atoms with Gasteiger partial charge in [-0.05, 0) is 42.0 Å². The number of carboxylic acid groups (broad SMARTS) is 1. The smallest absolute Gasteiger partial charge is 0.305 e. The van der Waals surface area contributed by atoms with E-state index in [9.17, 15) is 19.5 Å². The molecule has 0 spiro atoms. The van der Waals surface area contributed by atoms with Crippen LogP contribution in [0.3, 0.4) is 0 Å². The lowest BCUT2D eigenvalue weighted by Crippen LogP contribution is -2.32. The average Bonchev–Trinajstić information content (AvgIpc) is 2.91. The van der Waals surface area contributed by atoms with Gasteiger partial charge in [-0.2, -0.15) is 0 Å². The molecule has 1 aliphatic heterocycles. The number of aliphatic hydroxyl groups is 1. The standard InChI is InChI=1S/C20H14Cl3NO5/c21-11-3-1-10(2-4-11)18(27)16-17(13-6-5-12(22)9-14(13)23)24(8-7-15(25)26)20(29)19(16)28/h1-6,9,17,27H,7-8H2,(H,25,26)/b18-16-. The molecule has 2 aromatic carbocycles. The number of carboxylic acids is 1. The van der Waals surface area contributed by atoms with Gasteiger partial charge in [-0.25, -0.2) is 0 Å². The lowest BCUT2D eigenvalue weighted by molar-refractivity contribution is -0.142. The normalized spacial score (nSPS) is 18.3. The molecule has 0 radical (unpaired) electrons. The van der Waals surface area contributed by atoms with Crippen molar-refractivity contribution in [2.45, 2.75) is 12.5 Å². The van der Waals surface area contributed by atoms with Gasteiger partial charge >= 0.3 is 5.97 Å². The van der Waals surface area contributed by atoms with Gasteiger partial charge in [0.05, 0.1) is 18.0 Å². The fraction of sp³-hybridized carbons (Fsp3) is 0.150. The number of amides is 1. The minimum atomic E-state index is -1.13. The van der Waals surface area contributed by atoms with Crippen LogP contribution in [0.2, 0.25) is 15.1 Å². The van der Waals surface area contributed by atoms with E-state index in [4.69, 9.17) is 39.9 Å². The number of benzene rings is 2. The Morgan fingerprint density at radius 3 is 2.17 bits per heavy atom. The van der Waals surface area contributed by atoms with Crippen LogP contribution in [-0.4, -0.2) is 39.3 Å². The van der Waals surface area contributed by atoms with E-state index in [1.165, 1.54) is 42.5 Å². The second-order valence-corrected chi connectivity index (χ2v) is 7.59. The number of rotatable bonds is 5. The van der Waals surface area contributed by atoms with Crippen LogP contribution in [-0.2, 0) is 14.4 Å². The summed E-state index contributed by atoms with van der Waals surface area (Å²) in [6.07, 6.45) is -0.379. The molecule has 1 unspecified atom stereocenters. The van der Waals surface area contributed by atoms with Crippen LogP contribution in [0.4, 0.5) is 0 Å². The van der Waals surface area contributed by atoms with Crippen LogP contribution in [0.25, 0.3) is 5.76 Å². The molecule has 3 rings (SSSR count). The molecule has 9 heteroatoms. The highest BCUT2D eigenvalue weighted by molar-refractivity contribution is 6.47. The molecule has 150 valence electrons. The summed E-state index contributed by atoms with van der Waals surface area (Å²) in [6, 6.07) is 9.51. The van der Waals surface area contributed by atoms with Crippen LogP contribution >= 0.6 is 34.8 Å². The zero-order chi connectivity index (χ0) is 21.3. The van der Waals surface area contributed by atoms with E-state index in [-0.39, 0.29) is 29.1 Å². The summed E-state index contributed by atoms with van der Waals surface area (Å²) >= 11 is 18.1. The van der Waals surface area contributed by atoms with E-state index in [0.29, 0.717) is 15.6 Å². The molecule has 1 atom stereocenters. The van der Waals surface area contributed by atoms with Gasteiger partial charge in [0.15, 0.2) is 0 Å². The Balaban J connectivity index is 2.19. The minimum absolute atomic E-state index is 0.173. The van der Waals surface area contributed by atoms with Crippen LogP contribution in [0, 0.1) is 0 Å². The molecule has 1 saturated heterocycles. The number of hydrogen-bond acceptors (Lipinski definition) is 4. The third-order valence-electron chi connectivity index (χ3n) is 4.48. The molecule has 0 aliphatic carbocycles. The van der Waals surface area contributed by atoms with Gasteiger partial charge in [-0.3, -0.25) is 14.4 Å². The summed E-state index contributed by atoms with van der Waals surface area (Å²) in [7, 11) is 0. The maximum absolute atomic E-state index is 12.8. The Labute approximate surface area is 180 Å². The summed E-state index contributed by atoms with van der Waals surface area (Å²) in [5.41, 5.74) is 0.434. The highest BCUT2D eigenvalue weighted by Gasteiger charge is 2.46. The topological polar surface area (TPSA) is 94.9 Å². The maximum atomic E-state index is 12.8. The second-order valence-electron chi connectivity index (χ2n) is 6.31. The molecular formula is C20H14Cl3NO5. The average molecular weight is 455 g/mol. The molecule has 0 saturated carbocycles. The zero-order valence-electron chi connectivity index (χ0n) is 14.7. The number of hydrogen-bond donors (Lipinski definition) is 2. The van der Waals surface area contributed by atoms with E-state index in [1.54, 1.807) is 0 Å². The number of aliphatic carboxylic acids is 1. The number of halogens is 3. The van der Waals surface area contributed by atoms with Crippen molar-refractivity contribution in [1.29, 1.82) is 0 Å². The maximum Gasteiger partial charge on any atom is 0.305 e. The zero-order valence-corrected chi connectivity index (χ0v) is 17.0. The predicted molar refractivity (Wildman–Crippen MR) is 109 cm³/mol.